The minimum absolute atomic E-state index is 0.0710. The average molecular weight is 459 g/mol. The molecule has 2 aromatic rings. The second-order valence-electron chi connectivity index (χ2n) is 8.07. The minimum Gasteiger partial charge on any atom is -0.368 e. The second-order valence-corrected chi connectivity index (χ2v) is 9.07. The van der Waals surface area contributed by atoms with Crippen molar-refractivity contribution in [1.29, 1.82) is 0 Å². The molecule has 0 aromatic carbocycles. The maximum absolute atomic E-state index is 13.5. The third kappa shape index (κ3) is 4.10. The fraction of sp³-hybridized carbons (Fsp3) is 0.500. The van der Waals surface area contributed by atoms with Crippen LogP contribution in [0.15, 0.2) is 18.3 Å². The van der Waals surface area contributed by atoms with Crippen molar-refractivity contribution in [2.75, 3.05) is 11.9 Å². The molecule has 0 radical (unpaired) electrons. The van der Waals surface area contributed by atoms with Crippen molar-refractivity contribution in [3.63, 3.8) is 0 Å². The SMILES string of the molecule is [2H]C([2H])([2H])c1nc(NC(=O)N2CCC[C@@]2(C)C(N)=O)sc1-c1ccnc(C(C)(C)C(F)(F)F)c1. The molecule has 0 spiro atoms. The van der Waals surface area contributed by atoms with Gasteiger partial charge in [-0.25, -0.2) is 9.78 Å². The number of pyridine rings is 1. The molecule has 0 saturated carbocycles. The number of carbonyl (C=O) groups excluding carboxylic acids is 2. The number of thiazole rings is 1. The van der Waals surface area contributed by atoms with E-state index in [1.54, 1.807) is 6.92 Å². The van der Waals surface area contributed by atoms with Gasteiger partial charge >= 0.3 is 12.2 Å². The van der Waals surface area contributed by atoms with E-state index < -0.39 is 35.9 Å². The molecule has 0 unspecified atom stereocenters. The summed E-state index contributed by atoms with van der Waals surface area (Å²) in [5, 5.41) is 2.44. The van der Waals surface area contributed by atoms with E-state index in [2.05, 4.69) is 15.3 Å². The van der Waals surface area contributed by atoms with Crippen molar-refractivity contribution in [3.05, 3.63) is 29.7 Å². The Morgan fingerprint density at radius 3 is 2.71 bits per heavy atom. The van der Waals surface area contributed by atoms with Crippen LogP contribution < -0.4 is 11.1 Å². The largest absolute Gasteiger partial charge is 0.399 e. The second kappa shape index (κ2) is 7.77. The van der Waals surface area contributed by atoms with E-state index in [0.717, 1.165) is 25.2 Å². The summed E-state index contributed by atoms with van der Waals surface area (Å²) in [5.74, 6) is -0.667. The molecule has 1 fully saturated rings. The molecule has 3 rings (SSSR count). The molecule has 0 bridgehead atoms. The van der Waals surface area contributed by atoms with Crippen LogP contribution in [0, 0.1) is 6.85 Å². The van der Waals surface area contributed by atoms with Gasteiger partial charge in [-0.05, 0) is 58.2 Å². The minimum atomic E-state index is -4.58. The van der Waals surface area contributed by atoms with Crippen molar-refractivity contribution in [2.45, 2.75) is 57.6 Å². The van der Waals surface area contributed by atoms with Gasteiger partial charge in [0.25, 0.3) is 0 Å². The first kappa shape index (κ1) is 19.0. The number of hydrogen-bond acceptors (Lipinski definition) is 5. The van der Waals surface area contributed by atoms with Crippen molar-refractivity contribution < 1.29 is 26.9 Å². The Labute approximate surface area is 186 Å². The maximum atomic E-state index is 13.5. The van der Waals surface area contributed by atoms with Gasteiger partial charge < -0.3 is 10.6 Å². The van der Waals surface area contributed by atoms with E-state index in [1.807, 2.05) is 0 Å². The van der Waals surface area contributed by atoms with Gasteiger partial charge in [0.2, 0.25) is 5.91 Å². The van der Waals surface area contributed by atoms with Crippen molar-refractivity contribution in [1.82, 2.24) is 14.9 Å². The summed E-state index contributed by atoms with van der Waals surface area (Å²) in [6.07, 6.45) is -2.47. The highest BCUT2D eigenvalue weighted by Gasteiger charge is 2.49. The highest BCUT2D eigenvalue weighted by molar-refractivity contribution is 7.19. The molecule has 2 aromatic heterocycles. The number of likely N-dealkylation sites (tertiary alicyclic amines) is 1. The summed E-state index contributed by atoms with van der Waals surface area (Å²) in [6.45, 7) is 1.08. The van der Waals surface area contributed by atoms with Crippen LogP contribution in [-0.4, -0.2) is 45.1 Å². The number of carbonyl (C=O) groups is 2. The lowest BCUT2D eigenvalue weighted by atomic mass is 9.87. The van der Waals surface area contributed by atoms with Crippen molar-refractivity contribution >= 4 is 28.4 Å². The Balaban J connectivity index is 2.00. The van der Waals surface area contributed by atoms with Gasteiger partial charge in [0, 0.05) is 16.9 Å². The lowest BCUT2D eigenvalue weighted by Gasteiger charge is -2.31. The third-order valence-electron chi connectivity index (χ3n) is 5.63. The number of halogens is 3. The van der Waals surface area contributed by atoms with Crippen LogP contribution in [-0.2, 0) is 10.2 Å². The van der Waals surface area contributed by atoms with Gasteiger partial charge in [-0.2, -0.15) is 13.2 Å². The molecule has 1 atom stereocenters. The molecular weight excluding hydrogens is 431 g/mol. The highest BCUT2D eigenvalue weighted by atomic mass is 32.1. The molecule has 11 heteroatoms. The monoisotopic (exact) mass is 458 g/mol. The third-order valence-corrected chi connectivity index (χ3v) is 6.65. The van der Waals surface area contributed by atoms with Crippen LogP contribution in [0.5, 0.6) is 0 Å². The predicted molar refractivity (Wildman–Crippen MR) is 112 cm³/mol. The summed E-state index contributed by atoms with van der Waals surface area (Å²) in [7, 11) is 0. The first-order valence-electron chi connectivity index (χ1n) is 10.9. The highest BCUT2D eigenvalue weighted by Crippen LogP contribution is 2.41. The number of aromatic nitrogens is 2. The molecule has 31 heavy (non-hydrogen) atoms. The lowest BCUT2D eigenvalue weighted by molar-refractivity contribution is -0.181. The van der Waals surface area contributed by atoms with Gasteiger partial charge in [-0.1, -0.05) is 11.3 Å². The number of urea groups is 1. The molecule has 3 amide bonds. The summed E-state index contributed by atoms with van der Waals surface area (Å²) in [4.78, 5) is 33.9. The van der Waals surface area contributed by atoms with Crippen LogP contribution in [0.25, 0.3) is 10.4 Å². The molecule has 7 nitrogen and oxygen atoms in total. The van der Waals surface area contributed by atoms with Gasteiger partial charge in [-0.15, -0.1) is 0 Å². The van der Waals surface area contributed by atoms with E-state index in [9.17, 15) is 22.8 Å². The Bertz CT molecular complexity index is 1120. The first-order valence-corrected chi connectivity index (χ1v) is 10.2. The van der Waals surface area contributed by atoms with Crippen LogP contribution >= 0.6 is 11.3 Å². The number of anilines is 1. The quantitative estimate of drug-likeness (QED) is 0.716. The number of primary amides is 1. The molecule has 1 aliphatic heterocycles. The topological polar surface area (TPSA) is 101 Å². The molecule has 1 saturated heterocycles. The van der Waals surface area contributed by atoms with Gasteiger partial charge in [0.05, 0.1) is 16.3 Å². The number of nitrogens with two attached hydrogens (primary N) is 1. The zero-order chi connectivity index (χ0) is 25.7. The zero-order valence-electron chi connectivity index (χ0n) is 20.1. The maximum Gasteiger partial charge on any atom is 0.399 e. The van der Waals surface area contributed by atoms with E-state index in [1.165, 1.54) is 23.2 Å². The molecule has 3 N–H and O–H groups in total. The smallest absolute Gasteiger partial charge is 0.368 e. The normalized spacial score (nSPS) is 21.4. The number of nitrogens with zero attached hydrogens (tertiary/aromatic N) is 3. The van der Waals surface area contributed by atoms with E-state index in [4.69, 9.17) is 9.85 Å². The van der Waals surface area contributed by atoms with Gasteiger partial charge in [0.15, 0.2) is 5.13 Å². The number of amides is 3. The van der Waals surface area contributed by atoms with E-state index >= 15 is 0 Å². The number of nitrogens with one attached hydrogen (secondary N) is 1. The standard InChI is InChI=1S/C20H24F3N5O2S/c1-11-14(12-6-8-25-13(10-12)18(2,3)20(21,22)23)31-16(26-11)27-17(30)28-9-5-7-19(28,4)15(24)29/h6,8,10H,5,7,9H2,1-4H3,(H2,24,29)(H,26,27,30)/t19-/m0/s1/i1D3. The molecule has 0 aliphatic carbocycles. The molecule has 168 valence electrons. The number of alkyl halides is 3. The Hall–Kier alpha value is -2.69. The lowest BCUT2D eigenvalue weighted by Crippen LogP contribution is -2.55. The summed E-state index contributed by atoms with van der Waals surface area (Å²) < 4.78 is 64.0. The van der Waals surface area contributed by atoms with Crippen molar-refractivity contribution in [3.8, 4) is 10.4 Å². The Kier molecular flexibility index (Phi) is 4.77. The fourth-order valence-corrected chi connectivity index (χ4v) is 4.19. The predicted octanol–water partition coefficient (Wildman–Crippen LogP) is 4.23. The molecule has 1 aliphatic rings. The summed E-state index contributed by atoms with van der Waals surface area (Å²) >= 11 is 0.807. The average Bonchev–Trinajstić information content (AvgIpc) is 3.32. The Morgan fingerprint density at radius 1 is 1.39 bits per heavy atom. The number of rotatable bonds is 4. The zero-order valence-corrected chi connectivity index (χ0v) is 17.9. The first-order chi connectivity index (χ1) is 15.5. The van der Waals surface area contributed by atoms with E-state index in [-0.39, 0.29) is 33.5 Å². The fourth-order valence-electron chi connectivity index (χ4n) is 3.33. The van der Waals surface area contributed by atoms with E-state index in [0.29, 0.717) is 12.8 Å². The Morgan fingerprint density at radius 2 is 2.10 bits per heavy atom. The number of hydrogen-bond donors (Lipinski definition) is 2. The van der Waals surface area contributed by atoms with Crippen molar-refractivity contribution in [2.24, 2.45) is 5.73 Å². The summed E-state index contributed by atoms with van der Waals surface area (Å²) in [5.41, 5.74) is 1.51. The molecule has 3 heterocycles. The van der Waals surface area contributed by atoms with Crippen LogP contribution in [0.3, 0.4) is 0 Å². The van der Waals surface area contributed by atoms with Crippen LogP contribution in [0.1, 0.15) is 49.1 Å². The number of aryl methyl sites for hydroxylation is 1. The molecular formula is C20H24F3N5O2S. The van der Waals surface area contributed by atoms with Gasteiger partial charge in [-0.3, -0.25) is 15.1 Å². The summed E-state index contributed by atoms with van der Waals surface area (Å²) in [6, 6.07) is 1.88. The van der Waals surface area contributed by atoms with Gasteiger partial charge in [0.1, 0.15) is 11.0 Å². The van der Waals surface area contributed by atoms with Crippen LogP contribution in [0.4, 0.5) is 23.1 Å². The van der Waals surface area contributed by atoms with Crippen LogP contribution in [0.2, 0.25) is 0 Å².